The van der Waals surface area contributed by atoms with Gasteiger partial charge >= 0.3 is 0 Å². The van der Waals surface area contributed by atoms with Crippen LogP contribution in [0.1, 0.15) is 42.8 Å². The number of carbonyl (C=O) groups excluding carboxylic acids is 1. The number of nitrogens with one attached hydrogen (secondary N) is 1. The monoisotopic (exact) mass is 289 g/mol. The number of hydrogen-bond acceptors (Lipinski definition) is 2. The van der Waals surface area contributed by atoms with Gasteiger partial charge < -0.3 is 5.32 Å². The van der Waals surface area contributed by atoms with E-state index in [4.69, 9.17) is 0 Å². The van der Waals surface area contributed by atoms with Crippen LogP contribution < -0.4 is 5.32 Å². The lowest BCUT2D eigenvalue weighted by Gasteiger charge is -2.15. The quantitative estimate of drug-likeness (QED) is 0.877. The fourth-order valence-corrected chi connectivity index (χ4v) is 2.71. The highest BCUT2D eigenvalue weighted by Gasteiger charge is 2.12. The summed E-state index contributed by atoms with van der Waals surface area (Å²) in [4.78, 5) is 12.6. The zero-order valence-corrected chi connectivity index (χ0v) is 11.5. The van der Waals surface area contributed by atoms with E-state index >= 15 is 0 Å². The first-order valence-electron chi connectivity index (χ1n) is 5.23. The number of hydrogen-bond donors (Lipinski definition) is 1. The summed E-state index contributed by atoms with van der Waals surface area (Å²) in [5, 5.41) is 3.05. The molecule has 1 unspecified atom stereocenters. The Morgan fingerprint density at radius 2 is 2.27 bits per heavy atom. The van der Waals surface area contributed by atoms with Gasteiger partial charge in [0.05, 0.1) is 8.66 Å². The Morgan fingerprint density at radius 1 is 1.53 bits per heavy atom. The predicted molar refractivity (Wildman–Crippen MR) is 68.5 cm³/mol. The fraction of sp³-hybridized carbons (Fsp3) is 0.545. The molecule has 0 fully saturated rings. The molecule has 0 spiro atoms. The van der Waals surface area contributed by atoms with Crippen LogP contribution in [-0.4, -0.2) is 11.9 Å². The van der Waals surface area contributed by atoms with E-state index in [0.717, 1.165) is 27.9 Å². The van der Waals surface area contributed by atoms with E-state index in [-0.39, 0.29) is 5.91 Å². The van der Waals surface area contributed by atoms with Crippen molar-refractivity contribution in [3.05, 3.63) is 20.8 Å². The average Bonchev–Trinajstić information content (AvgIpc) is 2.64. The van der Waals surface area contributed by atoms with Gasteiger partial charge in [-0.25, -0.2) is 0 Å². The molecule has 1 heterocycles. The smallest absolute Gasteiger partial charge is 0.261 e. The van der Waals surface area contributed by atoms with Crippen LogP contribution in [0.3, 0.4) is 0 Å². The molecule has 0 bridgehead atoms. The molecule has 1 amide bonds. The minimum Gasteiger partial charge on any atom is -0.349 e. The van der Waals surface area contributed by atoms with Crippen molar-refractivity contribution >= 4 is 33.2 Å². The standard InChI is InChI=1S/C11H16BrNOS/c1-3-5-8(4-2)13-11(14)9-6-7-10(12)15-9/h6-8H,3-5H2,1-2H3,(H,13,14). The van der Waals surface area contributed by atoms with Gasteiger partial charge in [0.15, 0.2) is 0 Å². The van der Waals surface area contributed by atoms with Gasteiger partial charge in [0.25, 0.3) is 5.91 Å². The van der Waals surface area contributed by atoms with E-state index in [9.17, 15) is 4.79 Å². The summed E-state index contributed by atoms with van der Waals surface area (Å²) in [5.74, 6) is 0.0472. The van der Waals surface area contributed by atoms with Gasteiger partial charge in [-0.2, -0.15) is 0 Å². The highest BCUT2D eigenvalue weighted by molar-refractivity contribution is 9.11. The molecular formula is C11H16BrNOS. The summed E-state index contributed by atoms with van der Waals surface area (Å²) < 4.78 is 0.996. The normalized spacial score (nSPS) is 12.5. The first kappa shape index (κ1) is 12.7. The molecule has 1 rings (SSSR count). The van der Waals surface area contributed by atoms with Gasteiger partial charge in [0.2, 0.25) is 0 Å². The Bertz CT molecular complexity index is 324. The molecule has 1 aromatic heterocycles. The minimum atomic E-state index is 0.0472. The highest BCUT2D eigenvalue weighted by Crippen LogP contribution is 2.22. The highest BCUT2D eigenvalue weighted by atomic mass is 79.9. The van der Waals surface area contributed by atoms with Crippen molar-refractivity contribution in [1.82, 2.24) is 5.32 Å². The Kier molecular flexibility index (Phi) is 5.32. The van der Waals surface area contributed by atoms with E-state index in [0.29, 0.717) is 6.04 Å². The average molecular weight is 290 g/mol. The van der Waals surface area contributed by atoms with E-state index in [1.54, 1.807) is 0 Å². The van der Waals surface area contributed by atoms with Gasteiger partial charge in [0, 0.05) is 6.04 Å². The van der Waals surface area contributed by atoms with Crippen LogP contribution in [0.4, 0.5) is 0 Å². The van der Waals surface area contributed by atoms with E-state index in [1.807, 2.05) is 12.1 Å². The molecule has 0 saturated heterocycles. The van der Waals surface area contributed by atoms with Gasteiger partial charge in [-0.3, -0.25) is 4.79 Å². The third kappa shape index (κ3) is 3.95. The SMILES string of the molecule is CCCC(CC)NC(=O)c1ccc(Br)s1. The molecule has 1 atom stereocenters. The fourth-order valence-electron chi connectivity index (χ4n) is 1.42. The molecule has 1 aromatic rings. The molecule has 0 radical (unpaired) electrons. The largest absolute Gasteiger partial charge is 0.349 e. The summed E-state index contributed by atoms with van der Waals surface area (Å²) in [7, 11) is 0. The zero-order valence-electron chi connectivity index (χ0n) is 9.05. The summed E-state index contributed by atoms with van der Waals surface area (Å²) >= 11 is 4.82. The van der Waals surface area contributed by atoms with Crippen molar-refractivity contribution in [1.29, 1.82) is 0 Å². The maximum atomic E-state index is 11.8. The lowest BCUT2D eigenvalue weighted by molar-refractivity contribution is 0.0938. The molecular weight excluding hydrogens is 274 g/mol. The second-order valence-corrected chi connectivity index (χ2v) is 5.93. The van der Waals surface area contributed by atoms with Crippen LogP contribution in [0.15, 0.2) is 15.9 Å². The third-order valence-electron chi connectivity index (χ3n) is 2.26. The van der Waals surface area contributed by atoms with Gasteiger partial charge in [-0.15, -0.1) is 11.3 Å². The Hall–Kier alpha value is -0.350. The van der Waals surface area contributed by atoms with Crippen LogP contribution in [0.25, 0.3) is 0 Å². The summed E-state index contributed by atoms with van der Waals surface area (Å²) in [6.07, 6.45) is 3.15. The molecule has 0 aliphatic heterocycles. The molecule has 84 valence electrons. The molecule has 1 N–H and O–H groups in total. The summed E-state index contributed by atoms with van der Waals surface area (Å²) in [6, 6.07) is 4.06. The van der Waals surface area contributed by atoms with Crippen LogP contribution in [0.2, 0.25) is 0 Å². The second-order valence-electron chi connectivity index (χ2n) is 3.47. The molecule has 2 nitrogen and oxygen atoms in total. The van der Waals surface area contributed by atoms with Crippen molar-refractivity contribution in [2.24, 2.45) is 0 Å². The van der Waals surface area contributed by atoms with Crippen LogP contribution in [0.5, 0.6) is 0 Å². The Morgan fingerprint density at radius 3 is 2.73 bits per heavy atom. The number of thiophene rings is 1. The summed E-state index contributed by atoms with van der Waals surface area (Å²) in [6.45, 7) is 4.24. The minimum absolute atomic E-state index is 0.0472. The number of halogens is 1. The predicted octanol–water partition coefficient (Wildman–Crippen LogP) is 3.82. The summed E-state index contributed by atoms with van der Waals surface area (Å²) in [5.41, 5.74) is 0. The van der Waals surface area contributed by atoms with Gasteiger partial charge in [-0.1, -0.05) is 20.3 Å². The molecule has 15 heavy (non-hydrogen) atoms. The molecule has 0 aliphatic rings. The van der Waals surface area contributed by atoms with Crippen LogP contribution >= 0.6 is 27.3 Å². The van der Waals surface area contributed by atoms with E-state index in [2.05, 4.69) is 35.1 Å². The molecule has 0 aromatic carbocycles. The zero-order chi connectivity index (χ0) is 11.3. The van der Waals surface area contributed by atoms with Crippen LogP contribution in [-0.2, 0) is 0 Å². The van der Waals surface area contributed by atoms with E-state index < -0.39 is 0 Å². The number of amides is 1. The molecule has 0 saturated carbocycles. The maximum absolute atomic E-state index is 11.8. The van der Waals surface area contributed by atoms with E-state index in [1.165, 1.54) is 11.3 Å². The van der Waals surface area contributed by atoms with Crippen molar-refractivity contribution in [2.75, 3.05) is 0 Å². The second kappa shape index (κ2) is 6.28. The molecule has 4 heteroatoms. The van der Waals surface area contributed by atoms with Crippen LogP contribution in [0, 0.1) is 0 Å². The Labute approximate surface area is 103 Å². The maximum Gasteiger partial charge on any atom is 0.261 e. The topological polar surface area (TPSA) is 29.1 Å². The third-order valence-corrected chi connectivity index (χ3v) is 3.88. The van der Waals surface area contributed by atoms with Gasteiger partial charge in [-0.05, 0) is 40.9 Å². The van der Waals surface area contributed by atoms with Crippen molar-refractivity contribution < 1.29 is 4.79 Å². The number of rotatable bonds is 5. The molecule has 0 aliphatic carbocycles. The van der Waals surface area contributed by atoms with Crippen molar-refractivity contribution in [3.63, 3.8) is 0 Å². The lowest BCUT2D eigenvalue weighted by atomic mass is 10.1. The van der Waals surface area contributed by atoms with Crippen molar-refractivity contribution in [3.8, 4) is 0 Å². The first-order valence-corrected chi connectivity index (χ1v) is 6.84. The lowest BCUT2D eigenvalue weighted by Crippen LogP contribution is -2.33. The Balaban J connectivity index is 2.54. The first-order chi connectivity index (χ1) is 7.17. The number of carbonyl (C=O) groups is 1. The van der Waals surface area contributed by atoms with Gasteiger partial charge in [0.1, 0.15) is 0 Å². The van der Waals surface area contributed by atoms with Crippen molar-refractivity contribution in [2.45, 2.75) is 39.2 Å².